The smallest absolute Gasteiger partial charge is 0.229 e. The van der Waals surface area contributed by atoms with Crippen LogP contribution >= 0.6 is 22.9 Å². The molecule has 2 rings (SSSR count). The molecule has 0 fully saturated rings. The lowest BCUT2D eigenvalue weighted by Crippen LogP contribution is -2.13. The molecule has 0 saturated heterocycles. The molecule has 0 aliphatic rings. The third kappa shape index (κ3) is 4.30. The van der Waals surface area contributed by atoms with E-state index in [1.54, 1.807) is 25.1 Å². The molecule has 112 valence electrons. The van der Waals surface area contributed by atoms with Crippen molar-refractivity contribution in [1.29, 1.82) is 0 Å². The molecule has 0 aliphatic heterocycles. The van der Waals surface area contributed by atoms with Crippen LogP contribution in [0.4, 0.5) is 5.69 Å². The summed E-state index contributed by atoms with van der Waals surface area (Å²) < 4.78 is 24.0. The number of rotatable bonds is 5. The number of benzene rings is 1. The highest BCUT2D eigenvalue weighted by molar-refractivity contribution is 7.91. The monoisotopic (exact) mass is 343 g/mol. The van der Waals surface area contributed by atoms with Crippen molar-refractivity contribution < 1.29 is 13.2 Å². The molecular weight excluding hydrogens is 330 g/mol. The Balaban J connectivity index is 2.02. The van der Waals surface area contributed by atoms with Crippen molar-refractivity contribution in [2.24, 2.45) is 0 Å². The SMILES string of the molecule is CCS(=O)(=O)c1ccc(NC(=O)Cc2ccc(Cl)s2)cc1. The van der Waals surface area contributed by atoms with Crippen molar-refractivity contribution >= 4 is 44.4 Å². The van der Waals surface area contributed by atoms with Crippen molar-refractivity contribution in [3.63, 3.8) is 0 Å². The molecule has 21 heavy (non-hydrogen) atoms. The van der Waals surface area contributed by atoms with E-state index in [1.807, 2.05) is 6.07 Å². The first-order chi connectivity index (χ1) is 9.90. The largest absolute Gasteiger partial charge is 0.326 e. The summed E-state index contributed by atoms with van der Waals surface area (Å²) in [6.07, 6.45) is 0.242. The molecule has 1 amide bonds. The zero-order valence-electron chi connectivity index (χ0n) is 11.3. The Kier molecular flexibility index (Phi) is 5.03. The molecule has 0 spiro atoms. The van der Waals surface area contributed by atoms with Crippen molar-refractivity contribution in [2.75, 3.05) is 11.1 Å². The van der Waals surface area contributed by atoms with E-state index in [-0.39, 0.29) is 23.0 Å². The Bertz CT molecular complexity index is 736. The van der Waals surface area contributed by atoms with Crippen LogP contribution in [0.5, 0.6) is 0 Å². The number of hydrogen-bond donors (Lipinski definition) is 1. The Labute approximate surface area is 132 Å². The summed E-state index contributed by atoms with van der Waals surface area (Å²) >= 11 is 7.17. The minimum Gasteiger partial charge on any atom is -0.326 e. The minimum atomic E-state index is -3.21. The Morgan fingerprint density at radius 1 is 1.19 bits per heavy atom. The number of hydrogen-bond acceptors (Lipinski definition) is 4. The van der Waals surface area contributed by atoms with Crippen LogP contribution in [0.2, 0.25) is 4.34 Å². The highest BCUT2D eigenvalue weighted by Gasteiger charge is 2.11. The van der Waals surface area contributed by atoms with Crippen LogP contribution in [0.3, 0.4) is 0 Å². The van der Waals surface area contributed by atoms with Gasteiger partial charge < -0.3 is 5.32 Å². The second-order valence-electron chi connectivity index (χ2n) is 4.36. The highest BCUT2D eigenvalue weighted by atomic mass is 35.5. The first kappa shape index (κ1) is 16.0. The standard InChI is InChI=1S/C14H14ClNO3S2/c1-2-21(18,19)12-6-3-10(4-7-12)16-14(17)9-11-5-8-13(15)20-11/h3-8H,2,9H2,1H3,(H,16,17). The van der Waals surface area contributed by atoms with Gasteiger partial charge in [0.25, 0.3) is 0 Å². The molecule has 1 aromatic carbocycles. The molecule has 1 N–H and O–H groups in total. The fourth-order valence-electron chi connectivity index (χ4n) is 1.72. The van der Waals surface area contributed by atoms with Crippen LogP contribution in [0, 0.1) is 0 Å². The van der Waals surface area contributed by atoms with Crippen LogP contribution in [-0.2, 0) is 21.1 Å². The summed E-state index contributed by atoms with van der Waals surface area (Å²) in [5.41, 5.74) is 0.567. The second kappa shape index (κ2) is 6.60. The maximum atomic E-state index is 11.9. The topological polar surface area (TPSA) is 63.2 Å². The number of thiophene rings is 1. The molecule has 0 bridgehead atoms. The molecule has 2 aromatic rings. The quantitative estimate of drug-likeness (QED) is 0.905. The van der Waals surface area contributed by atoms with Crippen molar-refractivity contribution in [2.45, 2.75) is 18.2 Å². The molecule has 0 radical (unpaired) electrons. The van der Waals surface area contributed by atoms with Crippen molar-refractivity contribution in [1.82, 2.24) is 0 Å². The number of carbonyl (C=O) groups excluding carboxylic acids is 1. The zero-order chi connectivity index (χ0) is 15.5. The molecule has 4 nitrogen and oxygen atoms in total. The van der Waals surface area contributed by atoms with Crippen LogP contribution in [0.1, 0.15) is 11.8 Å². The first-order valence-corrected chi connectivity index (χ1v) is 9.12. The Morgan fingerprint density at radius 2 is 1.86 bits per heavy atom. The van der Waals surface area contributed by atoms with Gasteiger partial charge in [0.2, 0.25) is 5.91 Å². The van der Waals surface area contributed by atoms with E-state index in [0.717, 1.165) is 4.88 Å². The average Bonchev–Trinajstić information content (AvgIpc) is 2.84. The van der Waals surface area contributed by atoms with E-state index in [9.17, 15) is 13.2 Å². The molecule has 0 unspecified atom stereocenters. The summed E-state index contributed by atoms with van der Waals surface area (Å²) in [6.45, 7) is 1.59. The molecular formula is C14H14ClNO3S2. The van der Waals surface area contributed by atoms with E-state index in [1.165, 1.54) is 23.5 Å². The third-order valence-electron chi connectivity index (χ3n) is 2.84. The van der Waals surface area contributed by atoms with E-state index in [2.05, 4.69) is 5.32 Å². The van der Waals surface area contributed by atoms with Gasteiger partial charge in [0.1, 0.15) is 0 Å². The molecule has 1 aromatic heterocycles. The van der Waals surface area contributed by atoms with Crippen LogP contribution in [0.15, 0.2) is 41.3 Å². The van der Waals surface area contributed by atoms with Crippen LogP contribution < -0.4 is 5.32 Å². The van der Waals surface area contributed by atoms with Gasteiger partial charge in [0, 0.05) is 10.6 Å². The second-order valence-corrected chi connectivity index (χ2v) is 8.44. The predicted molar refractivity (Wildman–Crippen MR) is 85.8 cm³/mol. The fraction of sp³-hybridized carbons (Fsp3) is 0.214. The molecule has 7 heteroatoms. The number of nitrogens with one attached hydrogen (secondary N) is 1. The predicted octanol–water partition coefficient (Wildman–Crippen LogP) is 3.38. The number of sulfone groups is 1. The van der Waals surface area contributed by atoms with Gasteiger partial charge in [-0.25, -0.2) is 8.42 Å². The lowest BCUT2D eigenvalue weighted by Gasteiger charge is -2.06. The summed E-state index contributed by atoms with van der Waals surface area (Å²) in [4.78, 5) is 13.0. The molecule has 0 aliphatic carbocycles. The first-order valence-electron chi connectivity index (χ1n) is 6.27. The number of halogens is 1. The zero-order valence-corrected chi connectivity index (χ0v) is 13.7. The molecule has 0 saturated carbocycles. The van der Waals surface area contributed by atoms with E-state index in [4.69, 9.17) is 11.6 Å². The van der Waals surface area contributed by atoms with Gasteiger partial charge in [0.15, 0.2) is 9.84 Å². The number of anilines is 1. The summed E-state index contributed by atoms with van der Waals surface area (Å²) in [5, 5.41) is 2.73. The summed E-state index contributed by atoms with van der Waals surface area (Å²) in [7, 11) is -3.21. The van der Waals surface area contributed by atoms with E-state index in [0.29, 0.717) is 10.0 Å². The van der Waals surface area contributed by atoms with Crippen LogP contribution in [0.25, 0.3) is 0 Å². The molecule has 0 atom stereocenters. The van der Waals surface area contributed by atoms with Gasteiger partial charge >= 0.3 is 0 Å². The minimum absolute atomic E-state index is 0.0534. The van der Waals surface area contributed by atoms with Crippen molar-refractivity contribution in [3.05, 3.63) is 45.6 Å². The maximum absolute atomic E-state index is 11.9. The molecule has 1 heterocycles. The number of amides is 1. The van der Waals surface area contributed by atoms with Gasteiger partial charge in [-0.15, -0.1) is 11.3 Å². The Morgan fingerprint density at radius 3 is 2.38 bits per heavy atom. The van der Waals surface area contributed by atoms with E-state index >= 15 is 0 Å². The van der Waals surface area contributed by atoms with Gasteiger partial charge in [-0.3, -0.25) is 4.79 Å². The lowest BCUT2D eigenvalue weighted by molar-refractivity contribution is -0.115. The fourth-order valence-corrected chi connectivity index (χ4v) is 3.69. The maximum Gasteiger partial charge on any atom is 0.229 e. The number of carbonyl (C=O) groups is 1. The van der Waals surface area contributed by atoms with Crippen LogP contribution in [-0.4, -0.2) is 20.1 Å². The van der Waals surface area contributed by atoms with Crippen molar-refractivity contribution in [3.8, 4) is 0 Å². The normalized spacial score (nSPS) is 11.3. The summed E-state index contributed by atoms with van der Waals surface area (Å²) in [6, 6.07) is 9.72. The Hall–Kier alpha value is -1.37. The van der Waals surface area contributed by atoms with Gasteiger partial charge in [0.05, 0.1) is 21.4 Å². The van der Waals surface area contributed by atoms with Gasteiger partial charge in [-0.05, 0) is 36.4 Å². The summed E-state index contributed by atoms with van der Waals surface area (Å²) in [5.74, 6) is -0.114. The highest BCUT2D eigenvalue weighted by Crippen LogP contribution is 2.22. The van der Waals surface area contributed by atoms with E-state index < -0.39 is 9.84 Å². The third-order valence-corrected chi connectivity index (χ3v) is 5.82. The van der Waals surface area contributed by atoms with Gasteiger partial charge in [-0.2, -0.15) is 0 Å². The lowest BCUT2D eigenvalue weighted by atomic mass is 10.3. The average molecular weight is 344 g/mol. The van der Waals surface area contributed by atoms with Gasteiger partial charge in [-0.1, -0.05) is 18.5 Å².